The number of thiophene rings is 1. The summed E-state index contributed by atoms with van der Waals surface area (Å²) in [5.74, 6) is 0.0257. The van der Waals surface area contributed by atoms with Gasteiger partial charge in [-0.25, -0.2) is 8.42 Å². The van der Waals surface area contributed by atoms with Gasteiger partial charge in [0, 0.05) is 13.2 Å². The second-order valence-electron chi connectivity index (χ2n) is 6.63. The molecule has 1 aliphatic heterocycles. The van der Waals surface area contributed by atoms with Gasteiger partial charge in [-0.15, -0.1) is 11.3 Å². The third kappa shape index (κ3) is 4.77. The van der Waals surface area contributed by atoms with E-state index in [4.69, 9.17) is 9.15 Å². The minimum Gasteiger partial charge on any atom is -0.428 e. The van der Waals surface area contributed by atoms with Crippen LogP contribution in [0.5, 0.6) is 0 Å². The first kappa shape index (κ1) is 21.1. The van der Waals surface area contributed by atoms with Crippen LogP contribution in [0.15, 0.2) is 67.3 Å². The maximum atomic E-state index is 13.1. The number of thioether (sulfide) groups is 1. The van der Waals surface area contributed by atoms with Crippen LogP contribution in [0.4, 0.5) is 0 Å². The molecular weight excluding hydrogens is 444 g/mol. The van der Waals surface area contributed by atoms with E-state index in [-0.39, 0.29) is 38.7 Å². The topological polar surface area (TPSA) is 98.5 Å². The molecule has 10 heteroatoms. The molecule has 1 N–H and O–H groups in total. The Morgan fingerprint density at radius 1 is 1.23 bits per heavy atom. The average Bonchev–Trinajstić information content (AvgIpc) is 3.52. The molecule has 1 fully saturated rings. The van der Waals surface area contributed by atoms with Gasteiger partial charge in [-0.05, 0) is 36.4 Å². The Bertz CT molecular complexity index is 1090. The molecule has 7 nitrogen and oxygen atoms in total. The number of amides is 1. The smallest absolute Gasteiger partial charge is 0.238 e. The maximum absolute atomic E-state index is 13.1. The van der Waals surface area contributed by atoms with Crippen molar-refractivity contribution in [3.8, 4) is 10.8 Å². The Morgan fingerprint density at radius 2 is 2.07 bits per heavy atom. The number of aromatic nitrogens is 1. The van der Waals surface area contributed by atoms with Gasteiger partial charge in [-0.1, -0.05) is 36.0 Å². The minimum absolute atomic E-state index is 0.0170. The second-order valence-corrected chi connectivity index (χ2v) is 10.4. The standard InChI is InChI=1S/C20H20N2O5S3/c23-17(21-12-14-6-4-10-26-14)13-29-20-19(22-18(27-20)16-9-5-11-28-16)30(24,25)15-7-2-1-3-8-15/h1-3,5,7-9,11,14H,4,6,10,12-13H2,(H,21,23). The Balaban J connectivity index is 1.54. The summed E-state index contributed by atoms with van der Waals surface area (Å²) in [7, 11) is -3.89. The summed E-state index contributed by atoms with van der Waals surface area (Å²) in [5, 5.41) is 4.62. The van der Waals surface area contributed by atoms with E-state index in [9.17, 15) is 13.2 Å². The van der Waals surface area contributed by atoms with Gasteiger partial charge >= 0.3 is 0 Å². The van der Waals surface area contributed by atoms with E-state index in [0.29, 0.717) is 11.4 Å². The number of carbonyl (C=O) groups is 1. The normalized spacial score (nSPS) is 16.6. The van der Waals surface area contributed by atoms with E-state index in [1.54, 1.807) is 24.3 Å². The predicted octanol–water partition coefficient (Wildman–Crippen LogP) is 3.62. The Kier molecular flexibility index (Phi) is 6.57. The second kappa shape index (κ2) is 9.34. The molecule has 0 bridgehead atoms. The molecule has 2 aromatic heterocycles. The van der Waals surface area contributed by atoms with Crippen molar-refractivity contribution in [1.29, 1.82) is 0 Å². The molecule has 0 spiro atoms. The highest BCUT2D eigenvalue weighted by atomic mass is 32.2. The molecule has 3 aromatic rings. The number of carbonyl (C=O) groups excluding carboxylic acids is 1. The number of hydrogen-bond acceptors (Lipinski definition) is 8. The van der Waals surface area contributed by atoms with Crippen molar-refractivity contribution < 1.29 is 22.4 Å². The highest BCUT2D eigenvalue weighted by Gasteiger charge is 2.29. The number of hydrogen-bond donors (Lipinski definition) is 1. The molecule has 4 rings (SSSR count). The fourth-order valence-corrected chi connectivity index (χ4v) is 6.01. The first-order valence-electron chi connectivity index (χ1n) is 9.40. The zero-order valence-corrected chi connectivity index (χ0v) is 18.4. The number of oxazole rings is 1. The van der Waals surface area contributed by atoms with E-state index < -0.39 is 9.84 Å². The molecule has 1 aliphatic rings. The molecule has 1 saturated heterocycles. The van der Waals surface area contributed by atoms with Gasteiger partial charge in [0.05, 0.1) is 21.6 Å². The summed E-state index contributed by atoms with van der Waals surface area (Å²) >= 11 is 2.42. The van der Waals surface area contributed by atoms with Crippen molar-refractivity contribution in [3.05, 3.63) is 47.8 Å². The van der Waals surface area contributed by atoms with Crippen LogP contribution in [-0.4, -0.2) is 44.3 Å². The number of sulfone groups is 1. The molecule has 1 amide bonds. The predicted molar refractivity (Wildman–Crippen MR) is 114 cm³/mol. The summed E-state index contributed by atoms with van der Waals surface area (Å²) in [6.07, 6.45) is 1.97. The summed E-state index contributed by atoms with van der Waals surface area (Å²) in [5.41, 5.74) is 0. The Labute approximate surface area is 182 Å². The summed E-state index contributed by atoms with van der Waals surface area (Å²) < 4.78 is 37.5. The van der Waals surface area contributed by atoms with Crippen LogP contribution in [0.1, 0.15) is 12.8 Å². The summed E-state index contributed by atoms with van der Waals surface area (Å²) in [6, 6.07) is 11.7. The van der Waals surface area contributed by atoms with Crippen LogP contribution in [0.2, 0.25) is 0 Å². The van der Waals surface area contributed by atoms with E-state index in [1.807, 2.05) is 11.4 Å². The van der Waals surface area contributed by atoms with E-state index in [2.05, 4.69) is 10.3 Å². The molecule has 0 aliphatic carbocycles. The molecule has 158 valence electrons. The SMILES string of the molecule is O=C(CSc1oc(-c2cccs2)nc1S(=O)(=O)c1ccccc1)NCC1CCCO1. The lowest BCUT2D eigenvalue weighted by atomic mass is 10.2. The summed E-state index contributed by atoms with van der Waals surface area (Å²) in [6.45, 7) is 1.17. The highest BCUT2D eigenvalue weighted by molar-refractivity contribution is 8.00. The van der Waals surface area contributed by atoms with Gasteiger partial charge in [0.25, 0.3) is 0 Å². The maximum Gasteiger partial charge on any atom is 0.238 e. The fourth-order valence-electron chi connectivity index (χ4n) is 2.99. The average molecular weight is 465 g/mol. The molecule has 3 heterocycles. The van der Waals surface area contributed by atoms with Gasteiger partial charge in [-0.3, -0.25) is 4.79 Å². The monoisotopic (exact) mass is 464 g/mol. The van der Waals surface area contributed by atoms with Crippen LogP contribution < -0.4 is 5.32 Å². The first-order chi connectivity index (χ1) is 14.5. The minimum atomic E-state index is -3.89. The van der Waals surface area contributed by atoms with Crippen molar-refractivity contribution >= 4 is 38.8 Å². The van der Waals surface area contributed by atoms with E-state index >= 15 is 0 Å². The number of nitrogens with zero attached hydrogens (tertiary/aromatic N) is 1. The van der Waals surface area contributed by atoms with Crippen molar-refractivity contribution in [2.75, 3.05) is 18.9 Å². The van der Waals surface area contributed by atoms with Crippen LogP contribution in [0.25, 0.3) is 10.8 Å². The summed E-state index contributed by atoms with van der Waals surface area (Å²) in [4.78, 5) is 17.4. The van der Waals surface area contributed by atoms with Crippen molar-refractivity contribution in [2.45, 2.75) is 34.0 Å². The Morgan fingerprint density at radius 3 is 2.77 bits per heavy atom. The molecule has 1 unspecified atom stereocenters. The number of nitrogens with one attached hydrogen (secondary N) is 1. The number of rotatable bonds is 8. The van der Waals surface area contributed by atoms with Crippen LogP contribution in [0.3, 0.4) is 0 Å². The lowest BCUT2D eigenvalue weighted by molar-refractivity contribution is -0.119. The van der Waals surface area contributed by atoms with Gasteiger partial charge in [0.15, 0.2) is 0 Å². The van der Waals surface area contributed by atoms with E-state index in [0.717, 1.165) is 31.2 Å². The largest absolute Gasteiger partial charge is 0.428 e. The van der Waals surface area contributed by atoms with E-state index in [1.165, 1.54) is 23.5 Å². The zero-order valence-electron chi connectivity index (χ0n) is 15.9. The van der Waals surface area contributed by atoms with Crippen molar-refractivity contribution in [2.24, 2.45) is 0 Å². The molecule has 1 aromatic carbocycles. The fraction of sp³-hybridized carbons (Fsp3) is 0.300. The number of benzene rings is 1. The molecule has 30 heavy (non-hydrogen) atoms. The zero-order chi connectivity index (χ0) is 21.0. The lowest BCUT2D eigenvalue weighted by Crippen LogP contribution is -2.32. The molecule has 1 atom stereocenters. The third-order valence-corrected chi connectivity index (χ3v) is 8.10. The van der Waals surface area contributed by atoms with Crippen LogP contribution in [-0.2, 0) is 19.4 Å². The Hall–Kier alpha value is -2.14. The van der Waals surface area contributed by atoms with Gasteiger partial charge in [0.2, 0.25) is 31.8 Å². The van der Waals surface area contributed by atoms with Crippen LogP contribution >= 0.6 is 23.1 Å². The molecule has 0 saturated carbocycles. The third-order valence-electron chi connectivity index (χ3n) is 4.49. The lowest BCUT2D eigenvalue weighted by Gasteiger charge is -2.10. The van der Waals surface area contributed by atoms with Crippen LogP contribution in [0, 0.1) is 0 Å². The van der Waals surface area contributed by atoms with Crippen molar-refractivity contribution in [3.63, 3.8) is 0 Å². The molecule has 0 radical (unpaired) electrons. The highest BCUT2D eigenvalue weighted by Crippen LogP contribution is 2.36. The van der Waals surface area contributed by atoms with Crippen molar-refractivity contribution in [1.82, 2.24) is 10.3 Å². The van der Waals surface area contributed by atoms with Gasteiger partial charge in [0.1, 0.15) is 0 Å². The number of ether oxygens (including phenoxy) is 1. The quantitative estimate of drug-likeness (QED) is 0.508. The van der Waals surface area contributed by atoms with Gasteiger partial charge < -0.3 is 14.5 Å². The first-order valence-corrected chi connectivity index (χ1v) is 12.7. The molecular formula is C20H20N2O5S3. The van der Waals surface area contributed by atoms with Gasteiger partial charge in [-0.2, -0.15) is 4.98 Å².